The number of nitrogens with zero attached hydrogens (tertiary/aromatic N) is 1. The van der Waals surface area contributed by atoms with E-state index in [1.54, 1.807) is 24.4 Å². The van der Waals surface area contributed by atoms with Crippen LogP contribution in [0.5, 0.6) is 5.75 Å². The lowest BCUT2D eigenvalue weighted by Crippen LogP contribution is -2.13. The zero-order chi connectivity index (χ0) is 26.7. The van der Waals surface area contributed by atoms with Crippen LogP contribution < -0.4 is 15.8 Å². The van der Waals surface area contributed by atoms with E-state index in [0.29, 0.717) is 27.0 Å². The van der Waals surface area contributed by atoms with Crippen molar-refractivity contribution in [3.8, 4) is 5.75 Å². The molecule has 0 atom stereocenters. The maximum atomic E-state index is 13.1. The van der Waals surface area contributed by atoms with Gasteiger partial charge in [0.05, 0.1) is 27.5 Å². The molecule has 2 heterocycles. The van der Waals surface area contributed by atoms with Gasteiger partial charge in [-0.25, -0.2) is 9.78 Å². The molecule has 0 bridgehead atoms. The van der Waals surface area contributed by atoms with Crippen LogP contribution in [0.15, 0.2) is 54.0 Å². The van der Waals surface area contributed by atoms with Crippen molar-refractivity contribution < 1.29 is 32.2 Å². The number of thiophene rings is 1. The molecule has 0 aliphatic rings. The van der Waals surface area contributed by atoms with Crippen molar-refractivity contribution in [2.45, 2.75) is 19.7 Å². The van der Waals surface area contributed by atoms with Gasteiger partial charge in [0.15, 0.2) is 0 Å². The first kappa shape index (κ1) is 26.2. The molecule has 0 aliphatic carbocycles. The molecule has 37 heavy (non-hydrogen) atoms. The fourth-order valence-electron chi connectivity index (χ4n) is 3.50. The molecule has 0 spiro atoms. The van der Waals surface area contributed by atoms with Crippen LogP contribution >= 0.6 is 22.9 Å². The molecule has 0 unspecified atom stereocenters. The second-order valence-electron chi connectivity index (χ2n) is 7.71. The lowest BCUT2D eigenvalue weighted by molar-refractivity contribution is -0.137. The molecule has 192 valence electrons. The van der Waals surface area contributed by atoms with Gasteiger partial charge >= 0.3 is 12.1 Å². The number of aromatic nitrogens is 1. The number of halogens is 4. The first-order valence-corrected chi connectivity index (χ1v) is 12.1. The number of nitrogens with one attached hydrogen (secondary N) is 1. The number of amides is 1. The smallest absolute Gasteiger partial charge is 0.417 e. The third kappa shape index (κ3) is 5.78. The number of anilines is 2. The molecular weight excluding hydrogens is 531 g/mol. The molecular formula is C25H19ClF3N3O4S. The maximum Gasteiger partial charge on any atom is 0.417 e. The van der Waals surface area contributed by atoms with Crippen LogP contribution in [0.1, 0.15) is 38.8 Å². The van der Waals surface area contributed by atoms with E-state index < -0.39 is 28.6 Å². The van der Waals surface area contributed by atoms with Crippen LogP contribution in [0, 0.1) is 0 Å². The van der Waals surface area contributed by atoms with Gasteiger partial charge in [0.1, 0.15) is 18.2 Å². The summed E-state index contributed by atoms with van der Waals surface area (Å²) in [6.45, 7) is 1.99. The van der Waals surface area contributed by atoms with Crippen molar-refractivity contribution in [2.24, 2.45) is 0 Å². The predicted molar refractivity (Wildman–Crippen MR) is 135 cm³/mol. The summed E-state index contributed by atoms with van der Waals surface area (Å²) < 4.78 is 50.9. The van der Waals surface area contributed by atoms with Crippen molar-refractivity contribution >= 4 is 56.4 Å². The first-order valence-electron chi connectivity index (χ1n) is 10.8. The van der Waals surface area contributed by atoms with Gasteiger partial charge in [0, 0.05) is 28.4 Å². The van der Waals surface area contributed by atoms with E-state index in [2.05, 4.69) is 10.3 Å². The van der Waals surface area contributed by atoms with Gasteiger partial charge in [-0.1, -0.05) is 17.7 Å². The van der Waals surface area contributed by atoms with Crippen molar-refractivity contribution in [1.82, 2.24) is 4.98 Å². The number of ether oxygens (including phenoxy) is 2. The number of benzene rings is 2. The Morgan fingerprint density at radius 1 is 1.19 bits per heavy atom. The largest absolute Gasteiger partial charge is 0.489 e. The number of alkyl halides is 3. The minimum Gasteiger partial charge on any atom is -0.489 e. The lowest BCUT2D eigenvalue weighted by Gasteiger charge is -2.12. The highest BCUT2D eigenvalue weighted by Gasteiger charge is 2.33. The molecule has 0 aliphatic heterocycles. The molecule has 2 aromatic heterocycles. The van der Waals surface area contributed by atoms with Crippen LogP contribution in [0.2, 0.25) is 5.02 Å². The van der Waals surface area contributed by atoms with Crippen LogP contribution in [-0.2, 0) is 17.5 Å². The molecule has 2 aromatic carbocycles. The molecule has 0 saturated carbocycles. The number of fused-ring (bicyclic) bond motifs is 1. The number of rotatable bonds is 7. The molecule has 0 saturated heterocycles. The third-order valence-electron chi connectivity index (χ3n) is 5.22. The Labute approximate surface area is 218 Å². The SMILES string of the molecule is CCOC(=O)c1cnc(N)c2c(COc3cccc(C(=O)Nc4ccc(Cl)c(C(F)(F)F)c4)c3)csc12. The summed E-state index contributed by atoms with van der Waals surface area (Å²) in [5, 5.41) is 4.34. The monoisotopic (exact) mass is 549 g/mol. The molecule has 7 nitrogen and oxygen atoms in total. The van der Waals surface area contributed by atoms with E-state index >= 15 is 0 Å². The van der Waals surface area contributed by atoms with Gasteiger partial charge in [-0.15, -0.1) is 11.3 Å². The minimum atomic E-state index is -4.66. The van der Waals surface area contributed by atoms with E-state index in [-0.39, 0.29) is 30.3 Å². The second kappa shape index (κ2) is 10.7. The summed E-state index contributed by atoms with van der Waals surface area (Å²) in [7, 11) is 0. The zero-order valence-electron chi connectivity index (χ0n) is 19.2. The van der Waals surface area contributed by atoms with E-state index in [0.717, 1.165) is 12.1 Å². The van der Waals surface area contributed by atoms with Gasteiger partial charge in [0.2, 0.25) is 0 Å². The Hall–Kier alpha value is -3.83. The molecule has 4 aromatic rings. The fraction of sp³-hybridized carbons (Fsp3) is 0.160. The zero-order valence-corrected chi connectivity index (χ0v) is 20.8. The summed E-state index contributed by atoms with van der Waals surface area (Å²) in [5.74, 6) is -0.560. The topological polar surface area (TPSA) is 104 Å². The van der Waals surface area contributed by atoms with Crippen LogP contribution in [0.25, 0.3) is 10.1 Å². The van der Waals surface area contributed by atoms with Gasteiger partial charge < -0.3 is 20.5 Å². The second-order valence-corrected chi connectivity index (χ2v) is 8.99. The Morgan fingerprint density at radius 2 is 1.97 bits per heavy atom. The van der Waals surface area contributed by atoms with E-state index in [9.17, 15) is 22.8 Å². The highest BCUT2D eigenvalue weighted by atomic mass is 35.5. The average molecular weight is 550 g/mol. The van der Waals surface area contributed by atoms with Crippen molar-refractivity contribution in [3.05, 3.63) is 81.3 Å². The highest BCUT2D eigenvalue weighted by Crippen LogP contribution is 2.36. The van der Waals surface area contributed by atoms with Gasteiger partial charge in [-0.05, 0) is 48.7 Å². The number of pyridine rings is 1. The Morgan fingerprint density at radius 3 is 2.70 bits per heavy atom. The quantitative estimate of drug-likeness (QED) is 0.253. The molecule has 0 radical (unpaired) electrons. The van der Waals surface area contributed by atoms with Gasteiger partial charge in [0.25, 0.3) is 5.91 Å². The first-order chi connectivity index (χ1) is 17.6. The molecule has 1 amide bonds. The Bertz CT molecular complexity index is 1490. The highest BCUT2D eigenvalue weighted by molar-refractivity contribution is 7.17. The summed E-state index contributed by atoms with van der Waals surface area (Å²) >= 11 is 6.94. The lowest BCUT2D eigenvalue weighted by atomic mass is 10.1. The summed E-state index contributed by atoms with van der Waals surface area (Å²) in [5.41, 5.74) is 6.11. The Kier molecular flexibility index (Phi) is 7.55. The van der Waals surface area contributed by atoms with Crippen LogP contribution in [0.3, 0.4) is 0 Å². The van der Waals surface area contributed by atoms with Gasteiger partial charge in [-0.2, -0.15) is 13.2 Å². The number of carbonyl (C=O) groups is 2. The standard InChI is InChI=1S/C25H19ClF3N3O4S/c1-2-35-24(34)17-10-31-22(30)20-14(12-37-21(17)20)11-36-16-5-3-4-13(8-16)23(33)32-15-6-7-19(26)18(9-15)25(27,28)29/h3-10,12H,2,11H2,1H3,(H2,30,31)(H,32,33). The minimum absolute atomic E-state index is 0.0573. The molecule has 4 rings (SSSR count). The molecule has 0 fully saturated rings. The summed E-state index contributed by atoms with van der Waals surface area (Å²) in [4.78, 5) is 29.0. The fourth-order valence-corrected chi connectivity index (χ4v) is 4.79. The molecule has 3 N–H and O–H groups in total. The Balaban J connectivity index is 1.51. The number of nitrogens with two attached hydrogens (primary N) is 1. The number of hydrogen-bond acceptors (Lipinski definition) is 7. The van der Waals surface area contributed by atoms with E-state index in [1.165, 1.54) is 35.7 Å². The number of nitrogen functional groups attached to an aromatic ring is 1. The van der Waals surface area contributed by atoms with Crippen molar-refractivity contribution in [3.63, 3.8) is 0 Å². The van der Waals surface area contributed by atoms with Crippen molar-refractivity contribution in [1.29, 1.82) is 0 Å². The number of hydrogen-bond donors (Lipinski definition) is 2. The van der Waals surface area contributed by atoms with Crippen LogP contribution in [0.4, 0.5) is 24.7 Å². The maximum absolute atomic E-state index is 13.1. The van der Waals surface area contributed by atoms with Gasteiger partial charge in [-0.3, -0.25) is 4.79 Å². The van der Waals surface area contributed by atoms with E-state index in [1.807, 2.05) is 0 Å². The summed E-state index contributed by atoms with van der Waals surface area (Å²) in [6.07, 6.45) is -3.29. The number of carbonyl (C=O) groups excluding carboxylic acids is 2. The predicted octanol–water partition coefficient (Wildman–Crippen LogP) is 6.56. The normalized spacial score (nSPS) is 11.4. The van der Waals surface area contributed by atoms with Crippen molar-refractivity contribution in [2.75, 3.05) is 17.7 Å². The molecule has 12 heteroatoms. The number of esters is 1. The average Bonchev–Trinajstić information content (AvgIpc) is 3.28. The van der Waals surface area contributed by atoms with E-state index in [4.69, 9.17) is 26.8 Å². The van der Waals surface area contributed by atoms with Crippen LogP contribution in [-0.4, -0.2) is 23.5 Å². The summed E-state index contributed by atoms with van der Waals surface area (Å²) in [6, 6.07) is 9.27. The third-order valence-corrected chi connectivity index (χ3v) is 6.61.